The molecule has 0 atom stereocenters. The Morgan fingerprint density at radius 1 is 1.08 bits per heavy atom. The summed E-state index contributed by atoms with van der Waals surface area (Å²) in [7, 11) is 3.10. The van der Waals surface area contributed by atoms with Gasteiger partial charge in [-0.1, -0.05) is 6.07 Å². The number of rotatable bonds is 5. The van der Waals surface area contributed by atoms with Crippen LogP contribution in [0.4, 0.5) is 5.69 Å². The van der Waals surface area contributed by atoms with Gasteiger partial charge in [-0.25, -0.2) is 0 Å². The molecule has 0 radical (unpaired) electrons. The lowest BCUT2D eigenvalue weighted by Crippen LogP contribution is -2.09. The van der Waals surface area contributed by atoms with E-state index in [4.69, 9.17) is 18.9 Å². The van der Waals surface area contributed by atoms with Gasteiger partial charge in [0, 0.05) is 12.1 Å². The SMILES string of the molecule is COc1ccc(OC)c(NC(=O)C=Cc2ccc3c(c2)OCO3)c1. The molecule has 0 aromatic heterocycles. The molecular weight excluding hydrogens is 310 g/mol. The Balaban J connectivity index is 1.71. The first-order valence-corrected chi connectivity index (χ1v) is 7.30. The first-order valence-electron chi connectivity index (χ1n) is 7.30. The maximum Gasteiger partial charge on any atom is 0.248 e. The first-order chi connectivity index (χ1) is 11.7. The molecule has 1 amide bonds. The molecule has 0 aliphatic carbocycles. The Kier molecular flexibility index (Phi) is 4.56. The van der Waals surface area contributed by atoms with Gasteiger partial charge in [0.05, 0.1) is 19.9 Å². The molecule has 1 aliphatic heterocycles. The van der Waals surface area contributed by atoms with E-state index in [1.54, 1.807) is 38.5 Å². The fourth-order valence-electron chi connectivity index (χ4n) is 2.27. The minimum Gasteiger partial charge on any atom is -0.497 e. The van der Waals surface area contributed by atoms with Gasteiger partial charge in [0.1, 0.15) is 11.5 Å². The van der Waals surface area contributed by atoms with E-state index < -0.39 is 0 Å². The third-order valence-corrected chi connectivity index (χ3v) is 3.49. The number of carbonyl (C=O) groups is 1. The van der Waals surface area contributed by atoms with Gasteiger partial charge < -0.3 is 24.3 Å². The monoisotopic (exact) mass is 327 g/mol. The van der Waals surface area contributed by atoms with Crippen molar-refractivity contribution < 1.29 is 23.7 Å². The van der Waals surface area contributed by atoms with Crippen LogP contribution in [-0.4, -0.2) is 26.9 Å². The van der Waals surface area contributed by atoms with Crippen molar-refractivity contribution in [2.75, 3.05) is 26.3 Å². The Morgan fingerprint density at radius 2 is 1.92 bits per heavy atom. The summed E-state index contributed by atoms with van der Waals surface area (Å²) >= 11 is 0. The van der Waals surface area contributed by atoms with E-state index in [2.05, 4.69) is 5.32 Å². The van der Waals surface area contributed by atoms with Crippen molar-refractivity contribution in [1.82, 2.24) is 0 Å². The van der Waals surface area contributed by atoms with Crippen molar-refractivity contribution in [3.63, 3.8) is 0 Å². The number of benzene rings is 2. The molecule has 3 rings (SSSR count). The Bertz CT molecular complexity index is 785. The second-order valence-electron chi connectivity index (χ2n) is 5.00. The quantitative estimate of drug-likeness (QED) is 0.855. The van der Waals surface area contributed by atoms with Crippen molar-refractivity contribution in [3.05, 3.63) is 48.0 Å². The van der Waals surface area contributed by atoms with Gasteiger partial charge in [-0.05, 0) is 35.9 Å². The lowest BCUT2D eigenvalue weighted by atomic mass is 10.2. The van der Waals surface area contributed by atoms with Crippen LogP contribution >= 0.6 is 0 Å². The molecule has 1 aliphatic rings. The van der Waals surface area contributed by atoms with E-state index in [-0.39, 0.29) is 12.7 Å². The largest absolute Gasteiger partial charge is 0.497 e. The number of carbonyl (C=O) groups excluding carboxylic acids is 1. The lowest BCUT2D eigenvalue weighted by molar-refractivity contribution is -0.111. The van der Waals surface area contributed by atoms with Crippen LogP contribution in [0.25, 0.3) is 6.08 Å². The molecule has 2 aromatic rings. The highest BCUT2D eigenvalue weighted by Crippen LogP contribution is 2.33. The number of amides is 1. The summed E-state index contributed by atoms with van der Waals surface area (Å²) in [6.45, 7) is 0.221. The highest BCUT2D eigenvalue weighted by Gasteiger charge is 2.12. The van der Waals surface area contributed by atoms with Crippen LogP contribution in [-0.2, 0) is 4.79 Å². The summed E-state index contributed by atoms with van der Waals surface area (Å²) in [4.78, 5) is 12.1. The lowest BCUT2D eigenvalue weighted by Gasteiger charge is -2.10. The molecule has 124 valence electrons. The summed E-state index contributed by atoms with van der Waals surface area (Å²) in [5.74, 6) is 2.29. The number of anilines is 1. The highest BCUT2D eigenvalue weighted by molar-refractivity contribution is 6.02. The van der Waals surface area contributed by atoms with E-state index in [0.29, 0.717) is 28.7 Å². The molecular formula is C18H17NO5. The van der Waals surface area contributed by atoms with Crippen molar-refractivity contribution in [2.45, 2.75) is 0 Å². The Hall–Kier alpha value is -3.15. The molecule has 0 saturated carbocycles. The van der Waals surface area contributed by atoms with Crippen LogP contribution in [0.2, 0.25) is 0 Å². The number of hydrogen-bond acceptors (Lipinski definition) is 5. The Labute approximate surface area is 139 Å². The van der Waals surface area contributed by atoms with Gasteiger partial charge in [-0.15, -0.1) is 0 Å². The average molecular weight is 327 g/mol. The van der Waals surface area contributed by atoms with Gasteiger partial charge in [0.25, 0.3) is 0 Å². The van der Waals surface area contributed by atoms with Crippen molar-refractivity contribution in [1.29, 1.82) is 0 Å². The molecule has 0 spiro atoms. The minimum atomic E-state index is -0.279. The standard InChI is InChI=1S/C18H17NO5/c1-21-13-5-7-15(22-2)14(10-13)19-18(20)8-4-12-3-6-16-17(9-12)24-11-23-16/h3-10H,11H2,1-2H3,(H,19,20). The second-order valence-corrected chi connectivity index (χ2v) is 5.00. The number of methoxy groups -OCH3 is 2. The fraction of sp³-hybridized carbons (Fsp3) is 0.167. The van der Waals surface area contributed by atoms with Crippen LogP contribution in [0.1, 0.15) is 5.56 Å². The molecule has 2 aromatic carbocycles. The third kappa shape index (κ3) is 3.43. The minimum absolute atomic E-state index is 0.221. The molecule has 1 N–H and O–H groups in total. The molecule has 24 heavy (non-hydrogen) atoms. The molecule has 1 heterocycles. The summed E-state index contributed by atoms with van der Waals surface area (Å²) in [5.41, 5.74) is 1.38. The number of nitrogens with one attached hydrogen (secondary N) is 1. The summed E-state index contributed by atoms with van der Waals surface area (Å²) in [6, 6.07) is 10.7. The zero-order valence-electron chi connectivity index (χ0n) is 13.4. The predicted molar refractivity (Wildman–Crippen MR) is 89.8 cm³/mol. The van der Waals surface area contributed by atoms with Crippen LogP contribution in [0.3, 0.4) is 0 Å². The smallest absolute Gasteiger partial charge is 0.248 e. The van der Waals surface area contributed by atoms with E-state index in [1.807, 2.05) is 18.2 Å². The molecule has 0 fully saturated rings. The van der Waals surface area contributed by atoms with Crippen molar-refractivity contribution in [3.8, 4) is 23.0 Å². The normalized spacial score (nSPS) is 12.2. The molecule has 6 nitrogen and oxygen atoms in total. The van der Waals surface area contributed by atoms with E-state index >= 15 is 0 Å². The molecule has 0 saturated heterocycles. The van der Waals surface area contributed by atoms with Gasteiger partial charge in [0.2, 0.25) is 12.7 Å². The van der Waals surface area contributed by atoms with Crippen LogP contribution in [0.5, 0.6) is 23.0 Å². The van der Waals surface area contributed by atoms with Crippen LogP contribution in [0, 0.1) is 0 Å². The maximum absolute atomic E-state index is 12.1. The van der Waals surface area contributed by atoms with E-state index in [0.717, 1.165) is 5.56 Å². The van der Waals surface area contributed by atoms with E-state index in [9.17, 15) is 4.79 Å². The summed E-state index contributed by atoms with van der Waals surface area (Å²) < 4.78 is 21.0. The van der Waals surface area contributed by atoms with Crippen LogP contribution in [0.15, 0.2) is 42.5 Å². The van der Waals surface area contributed by atoms with Gasteiger partial charge in [0.15, 0.2) is 11.5 Å². The molecule has 6 heteroatoms. The summed E-state index contributed by atoms with van der Waals surface area (Å²) in [6.07, 6.45) is 3.14. The van der Waals surface area contributed by atoms with Gasteiger partial charge >= 0.3 is 0 Å². The predicted octanol–water partition coefficient (Wildman–Crippen LogP) is 3.08. The maximum atomic E-state index is 12.1. The first kappa shape index (κ1) is 15.7. The average Bonchev–Trinajstić information content (AvgIpc) is 3.07. The third-order valence-electron chi connectivity index (χ3n) is 3.49. The zero-order valence-corrected chi connectivity index (χ0v) is 13.4. The zero-order chi connectivity index (χ0) is 16.9. The Morgan fingerprint density at radius 3 is 2.71 bits per heavy atom. The fourth-order valence-corrected chi connectivity index (χ4v) is 2.27. The molecule has 0 unspecified atom stereocenters. The second kappa shape index (κ2) is 6.95. The molecule has 0 bridgehead atoms. The van der Waals surface area contributed by atoms with Crippen molar-refractivity contribution in [2.24, 2.45) is 0 Å². The summed E-state index contributed by atoms with van der Waals surface area (Å²) in [5, 5.41) is 2.77. The van der Waals surface area contributed by atoms with Crippen molar-refractivity contribution >= 4 is 17.7 Å². The van der Waals surface area contributed by atoms with E-state index in [1.165, 1.54) is 6.08 Å². The number of fused-ring (bicyclic) bond motifs is 1. The number of ether oxygens (including phenoxy) is 4. The van der Waals surface area contributed by atoms with Gasteiger partial charge in [-0.3, -0.25) is 4.79 Å². The van der Waals surface area contributed by atoms with Crippen LogP contribution < -0.4 is 24.3 Å². The number of hydrogen-bond donors (Lipinski definition) is 1. The topological polar surface area (TPSA) is 66.0 Å². The highest BCUT2D eigenvalue weighted by atomic mass is 16.7. The van der Waals surface area contributed by atoms with Gasteiger partial charge in [-0.2, -0.15) is 0 Å².